The van der Waals surface area contributed by atoms with Crippen molar-refractivity contribution in [2.75, 3.05) is 7.11 Å². The summed E-state index contributed by atoms with van der Waals surface area (Å²) in [4.78, 5) is 11.3. The van der Waals surface area contributed by atoms with Gasteiger partial charge in [-0.1, -0.05) is 31.6 Å². The number of carbonyl (C=O) groups excluding carboxylic acids is 1. The molecule has 0 saturated heterocycles. The van der Waals surface area contributed by atoms with E-state index in [4.69, 9.17) is 4.74 Å². The van der Waals surface area contributed by atoms with Gasteiger partial charge in [0.25, 0.3) is 5.97 Å². The Bertz CT molecular complexity index is 148. The Kier molecular flexibility index (Phi) is 2.53. The van der Waals surface area contributed by atoms with E-state index in [2.05, 4.69) is 13.3 Å². The predicted octanol–water partition coefficient (Wildman–Crippen LogP) is 1.94. The molecule has 0 spiro atoms. The van der Waals surface area contributed by atoms with Gasteiger partial charge in [-0.05, 0) is 0 Å². The number of carbonyl (C=O) groups is 1. The maximum atomic E-state index is 11.3. The van der Waals surface area contributed by atoms with Gasteiger partial charge in [0.05, 0.1) is 7.11 Å². The van der Waals surface area contributed by atoms with Crippen LogP contribution < -0.4 is 0 Å². The summed E-state index contributed by atoms with van der Waals surface area (Å²) in [5, 5.41) is 0. The molecule has 1 aliphatic rings. The zero-order valence-electron chi connectivity index (χ0n) is 7.22. The maximum absolute atomic E-state index is 11.3. The maximum Gasteiger partial charge on any atom is 0.281 e. The Labute approximate surface area is 67.9 Å². The second-order valence-corrected chi connectivity index (χ2v) is 3.11. The van der Waals surface area contributed by atoms with Gasteiger partial charge in [0.1, 0.15) is 0 Å². The first-order valence-electron chi connectivity index (χ1n) is 4.18. The molecule has 2 heteroatoms. The molecule has 1 fully saturated rings. The highest BCUT2D eigenvalue weighted by Gasteiger charge is 2.35. The fraction of sp³-hybridized carbons (Fsp3) is 0.778. The van der Waals surface area contributed by atoms with E-state index in [9.17, 15) is 4.79 Å². The summed E-state index contributed by atoms with van der Waals surface area (Å²) in [5.41, 5.74) is -0.205. The molecule has 0 N–H and O–H groups in total. The van der Waals surface area contributed by atoms with Crippen LogP contribution >= 0.6 is 0 Å². The van der Waals surface area contributed by atoms with Crippen molar-refractivity contribution in [1.29, 1.82) is 0 Å². The largest absolute Gasteiger partial charge is 0.470 e. The fourth-order valence-electron chi connectivity index (χ4n) is 1.64. The third kappa shape index (κ3) is 1.39. The van der Waals surface area contributed by atoms with Gasteiger partial charge in [0.15, 0.2) is 0 Å². The fourth-order valence-corrected chi connectivity index (χ4v) is 1.64. The van der Waals surface area contributed by atoms with Crippen LogP contribution in [0.4, 0.5) is 0 Å². The lowest BCUT2D eigenvalue weighted by molar-refractivity contribution is -0.155. The normalized spacial score (nSPS) is 20.5. The number of rotatable bonds is 3. The van der Waals surface area contributed by atoms with E-state index >= 15 is 0 Å². The van der Waals surface area contributed by atoms with Crippen LogP contribution in [-0.4, -0.2) is 13.1 Å². The molecule has 64 valence electrons. The number of esters is 1. The minimum absolute atomic E-state index is 0.0504. The van der Waals surface area contributed by atoms with E-state index in [0.29, 0.717) is 0 Å². The molecule has 1 rings (SSSR count). The zero-order chi connectivity index (χ0) is 8.32. The molecule has 0 unspecified atom stereocenters. The Morgan fingerprint density at radius 2 is 2.27 bits per heavy atom. The predicted molar refractivity (Wildman–Crippen MR) is 42.9 cm³/mol. The van der Waals surface area contributed by atoms with E-state index in [1.54, 1.807) is 0 Å². The SMILES string of the molecule is CC[CH-]C1(C(=O)OC)CCC1. The van der Waals surface area contributed by atoms with Gasteiger partial charge in [0, 0.05) is 0 Å². The third-order valence-electron chi connectivity index (χ3n) is 2.43. The highest BCUT2D eigenvalue weighted by atomic mass is 16.5. The minimum atomic E-state index is -0.205. The van der Waals surface area contributed by atoms with E-state index in [1.807, 2.05) is 0 Å². The summed E-state index contributed by atoms with van der Waals surface area (Å²) >= 11 is 0. The molecule has 1 saturated carbocycles. The molecule has 0 bridgehead atoms. The van der Waals surface area contributed by atoms with E-state index in [-0.39, 0.29) is 11.4 Å². The summed E-state index contributed by atoms with van der Waals surface area (Å²) in [6.45, 7) is 2.06. The van der Waals surface area contributed by atoms with Crippen LogP contribution in [0.3, 0.4) is 0 Å². The zero-order valence-corrected chi connectivity index (χ0v) is 7.22. The van der Waals surface area contributed by atoms with Crippen LogP contribution in [0.5, 0.6) is 0 Å². The van der Waals surface area contributed by atoms with Crippen LogP contribution in [-0.2, 0) is 9.53 Å². The van der Waals surface area contributed by atoms with Crippen LogP contribution in [0, 0.1) is 11.8 Å². The molecule has 0 aromatic carbocycles. The van der Waals surface area contributed by atoms with Crippen molar-refractivity contribution in [3.05, 3.63) is 6.42 Å². The molecule has 1 aliphatic carbocycles. The second kappa shape index (κ2) is 3.24. The molecular formula is C9H15O2-. The number of hydrogen-bond acceptors (Lipinski definition) is 2. The van der Waals surface area contributed by atoms with Crippen molar-refractivity contribution in [3.63, 3.8) is 0 Å². The van der Waals surface area contributed by atoms with Crippen molar-refractivity contribution < 1.29 is 9.53 Å². The van der Waals surface area contributed by atoms with Crippen molar-refractivity contribution in [2.45, 2.75) is 32.6 Å². The summed E-state index contributed by atoms with van der Waals surface area (Å²) in [6.07, 6.45) is 6.16. The molecule has 0 aliphatic heterocycles. The molecule has 0 aromatic rings. The average molecular weight is 155 g/mol. The van der Waals surface area contributed by atoms with E-state index < -0.39 is 0 Å². The van der Waals surface area contributed by atoms with Crippen LogP contribution in [0.25, 0.3) is 0 Å². The molecule has 0 aromatic heterocycles. The summed E-state index contributed by atoms with van der Waals surface area (Å²) in [5.74, 6) is -0.0504. The van der Waals surface area contributed by atoms with Crippen LogP contribution in [0.1, 0.15) is 32.6 Å². The monoisotopic (exact) mass is 155 g/mol. The highest BCUT2D eigenvalue weighted by molar-refractivity contribution is 5.79. The second-order valence-electron chi connectivity index (χ2n) is 3.11. The molecule has 0 amide bonds. The summed E-state index contributed by atoms with van der Waals surface area (Å²) in [7, 11) is 1.46. The van der Waals surface area contributed by atoms with E-state index in [1.165, 1.54) is 7.11 Å². The highest BCUT2D eigenvalue weighted by Crippen LogP contribution is 2.44. The van der Waals surface area contributed by atoms with Crippen molar-refractivity contribution in [1.82, 2.24) is 0 Å². The Hall–Kier alpha value is -0.530. The molecular weight excluding hydrogens is 140 g/mol. The van der Waals surface area contributed by atoms with Crippen molar-refractivity contribution in [2.24, 2.45) is 5.41 Å². The molecule has 2 nitrogen and oxygen atoms in total. The number of ether oxygens (including phenoxy) is 1. The van der Waals surface area contributed by atoms with Gasteiger partial charge in [-0.2, -0.15) is 6.42 Å². The van der Waals surface area contributed by atoms with Gasteiger partial charge < -0.3 is 11.2 Å². The lowest BCUT2D eigenvalue weighted by Crippen LogP contribution is -2.39. The van der Waals surface area contributed by atoms with Gasteiger partial charge in [-0.15, -0.1) is 0 Å². The third-order valence-corrected chi connectivity index (χ3v) is 2.43. The molecule has 11 heavy (non-hydrogen) atoms. The Morgan fingerprint density at radius 1 is 1.64 bits per heavy atom. The van der Waals surface area contributed by atoms with Gasteiger partial charge in [-0.25, -0.2) is 0 Å². The topological polar surface area (TPSA) is 26.3 Å². The summed E-state index contributed by atoms with van der Waals surface area (Å²) < 4.78 is 4.74. The first kappa shape index (κ1) is 8.57. The van der Waals surface area contributed by atoms with Crippen molar-refractivity contribution in [3.8, 4) is 0 Å². The van der Waals surface area contributed by atoms with Gasteiger partial charge >= 0.3 is 0 Å². The van der Waals surface area contributed by atoms with Gasteiger partial charge in [-0.3, -0.25) is 4.79 Å². The lowest BCUT2D eigenvalue weighted by Gasteiger charge is -2.47. The Balaban J connectivity index is 2.52. The lowest BCUT2D eigenvalue weighted by atomic mass is 9.66. The standard InChI is InChI=1S/C9H15O2/c1-3-5-9(6-4-7-9)8(10)11-2/h5H,3-4,6-7H2,1-2H3/q-1. The van der Waals surface area contributed by atoms with Crippen LogP contribution in [0.15, 0.2) is 0 Å². The molecule has 0 atom stereocenters. The molecule has 0 heterocycles. The molecule has 0 radical (unpaired) electrons. The smallest absolute Gasteiger partial charge is 0.281 e. The average Bonchev–Trinajstić information content (AvgIpc) is 1.95. The van der Waals surface area contributed by atoms with Crippen LogP contribution in [0.2, 0.25) is 0 Å². The van der Waals surface area contributed by atoms with E-state index in [0.717, 1.165) is 25.7 Å². The number of methoxy groups -OCH3 is 1. The first-order valence-corrected chi connectivity index (χ1v) is 4.18. The minimum Gasteiger partial charge on any atom is -0.470 e. The van der Waals surface area contributed by atoms with Gasteiger partial charge in [0.2, 0.25) is 0 Å². The summed E-state index contributed by atoms with van der Waals surface area (Å²) in [6, 6.07) is 0. The van der Waals surface area contributed by atoms with Crippen molar-refractivity contribution >= 4 is 5.97 Å². The number of hydrogen-bond donors (Lipinski definition) is 0. The first-order chi connectivity index (χ1) is 5.25. The quantitative estimate of drug-likeness (QED) is 0.460. The Morgan fingerprint density at radius 3 is 2.55 bits per heavy atom.